The first kappa shape index (κ1) is 19.3. The summed E-state index contributed by atoms with van der Waals surface area (Å²) in [6.45, 7) is 0. The largest absolute Gasteiger partial charge is 0.497 e. The number of ether oxygens (including phenoxy) is 1. The van der Waals surface area contributed by atoms with E-state index in [0.717, 1.165) is 21.2 Å². The minimum atomic E-state index is -0.271. The molecule has 3 aromatic carbocycles. The highest BCUT2D eigenvalue weighted by Gasteiger charge is 2.16. The molecule has 0 N–H and O–H groups in total. The fraction of sp³-hybridized carbons (Fsp3) is 0.0417. The molecule has 0 radical (unpaired) electrons. The van der Waals surface area contributed by atoms with Crippen LogP contribution in [0.25, 0.3) is 33.5 Å². The molecule has 5 aromatic rings. The number of nitrogens with zero attached hydrogens (tertiary/aromatic N) is 3. The third kappa shape index (κ3) is 3.64. The van der Waals surface area contributed by atoms with Crippen LogP contribution in [0.2, 0.25) is 0 Å². The van der Waals surface area contributed by atoms with Gasteiger partial charge in [0.05, 0.1) is 24.2 Å². The van der Waals surface area contributed by atoms with E-state index in [9.17, 15) is 4.79 Å². The van der Waals surface area contributed by atoms with E-state index < -0.39 is 0 Å². The number of para-hydroxylation sites is 1. The van der Waals surface area contributed by atoms with Crippen LogP contribution in [0.4, 0.5) is 0 Å². The number of furan rings is 1. The summed E-state index contributed by atoms with van der Waals surface area (Å²) in [5.41, 5.74) is 1.83. The van der Waals surface area contributed by atoms with Crippen LogP contribution in [-0.4, -0.2) is 23.0 Å². The van der Waals surface area contributed by atoms with Gasteiger partial charge in [0.25, 0.3) is 5.56 Å². The van der Waals surface area contributed by atoms with E-state index in [1.54, 1.807) is 31.5 Å². The van der Waals surface area contributed by atoms with Gasteiger partial charge in [0, 0.05) is 9.86 Å². The van der Waals surface area contributed by atoms with E-state index >= 15 is 0 Å². The van der Waals surface area contributed by atoms with Crippen molar-refractivity contribution in [3.05, 3.63) is 93.2 Å². The molecule has 0 amide bonds. The Labute approximate surface area is 185 Å². The number of aromatic nitrogens is 2. The van der Waals surface area contributed by atoms with Crippen molar-refractivity contribution < 1.29 is 9.15 Å². The van der Waals surface area contributed by atoms with Gasteiger partial charge in [-0.05, 0) is 66.2 Å². The summed E-state index contributed by atoms with van der Waals surface area (Å²) < 4.78 is 13.4. The van der Waals surface area contributed by atoms with Crippen LogP contribution in [0.15, 0.2) is 91.6 Å². The van der Waals surface area contributed by atoms with Crippen LogP contribution in [0, 0.1) is 0 Å². The summed E-state index contributed by atoms with van der Waals surface area (Å²) in [4.78, 5) is 17.9. The lowest BCUT2D eigenvalue weighted by Crippen LogP contribution is -2.20. The van der Waals surface area contributed by atoms with Gasteiger partial charge in [0.1, 0.15) is 11.3 Å². The van der Waals surface area contributed by atoms with E-state index in [0.29, 0.717) is 28.1 Å². The summed E-state index contributed by atoms with van der Waals surface area (Å²) in [7, 11) is 1.61. The molecule has 2 heterocycles. The molecule has 6 nitrogen and oxygen atoms in total. The highest BCUT2D eigenvalue weighted by Crippen LogP contribution is 2.29. The van der Waals surface area contributed by atoms with Crippen molar-refractivity contribution in [3.63, 3.8) is 0 Å². The Morgan fingerprint density at radius 1 is 1.06 bits per heavy atom. The number of hydrogen-bond acceptors (Lipinski definition) is 5. The molecule has 0 aliphatic carbocycles. The van der Waals surface area contributed by atoms with E-state index in [1.165, 1.54) is 4.68 Å². The summed E-state index contributed by atoms with van der Waals surface area (Å²) in [6, 6.07) is 22.2. The van der Waals surface area contributed by atoms with E-state index in [2.05, 4.69) is 26.0 Å². The van der Waals surface area contributed by atoms with Crippen molar-refractivity contribution in [2.24, 2.45) is 5.10 Å². The average Bonchev–Trinajstić information content (AvgIpc) is 3.22. The molecule has 2 aromatic heterocycles. The van der Waals surface area contributed by atoms with Crippen molar-refractivity contribution in [2.45, 2.75) is 0 Å². The standard InChI is InChI=1S/C24H16BrN3O3/c1-30-18-9-6-15(7-10-18)14-26-28-23(27-20-5-3-2-4-19(20)24(28)29)22-13-16-12-17(25)8-11-21(16)31-22/h2-14H,1H3. The molecule has 7 heteroatoms. The van der Waals surface area contributed by atoms with Gasteiger partial charge in [-0.25, -0.2) is 4.98 Å². The lowest BCUT2D eigenvalue weighted by Gasteiger charge is -2.07. The average molecular weight is 474 g/mol. The maximum absolute atomic E-state index is 13.3. The Kier molecular flexibility index (Phi) is 4.88. The van der Waals surface area contributed by atoms with E-state index in [4.69, 9.17) is 9.15 Å². The van der Waals surface area contributed by atoms with Gasteiger partial charge in [-0.15, -0.1) is 0 Å². The normalized spacial score (nSPS) is 11.5. The van der Waals surface area contributed by atoms with Crippen molar-refractivity contribution in [1.82, 2.24) is 9.66 Å². The number of hydrogen-bond donors (Lipinski definition) is 0. The summed E-state index contributed by atoms with van der Waals surface area (Å²) in [6.07, 6.45) is 1.61. The van der Waals surface area contributed by atoms with Crippen LogP contribution in [0.3, 0.4) is 0 Å². The molecule has 0 spiro atoms. The third-order valence-corrected chi connectivity index (χ3v) is 5.38. The Morgan fingerprint density at radius 3 is 2.68 bits per heavy atom. The van der Waals surface area contributed by atoms with Gasteiger partial charge >= 0.3 is 0 Å². The van der Waals surface area contributed by atoms with Crippen LogP contribution in [-0.2, 0) is 0 Å². The Hall–Kier alpha value is -3.71. The summed E-state index contributed by atoms with van der Waals surface area (Å²) in [5.74, 6) is 1.54. The fourth-order valence-corrected chi connectivity index (χ4v) is 3.71. The van der Waals surface area contributed by atoms with Gasteiger partial charge in [-0.2, -0.15) is 9.78 Å². The zero-order valence-corrected chi connectivity index (χ0v) is 18.0. The van der Waals surface area contributed by atoms with Crippen molar-refractivity contribution in [1.29, 1.82) is 0 Å². The second-order valence-electron chi connectivity index (χ2n) is 6.88. The molecule has 0 aliphatic heterocycles. The molecule has 0 saturated heterocycles. The quantitative estimate of drug-likeness (QED) is 0.324. The molecule has 0 atom stereocenters. The monoisotopic (exact) mass is 473 g/mol. The molecule has 0 bridgehead atoms. The van der Waals surface area contributed by atoms with Gasteiger partial charge in [-0.1, -0.05) is 28.1 Å². The van der Waals surface area contributed by atoms with Gasteiger partial charge in [0.15, 0.2) is 5.76 Å². The molecule has 152 valence electrons. The van der Waals surface area contributed by atoms with Crippen LogP contribution in [0.1, 0.15) is 5.56 Å². The SMILES string of the molecule is COc1ccc(C=Nn2c(-c3cc4cc(Br)ccc4o3)nc3ccccc3c2=O)cc1. The third-order valence-electron chi connectivity index (χ3n) is 4.89. The minimum absolute atomic E-state index is 0.271. The van der Waals surface area contributed by atoms with Crippen molar-refractivity contribution in [3.8, 4) is 17.3 Å². The molecular weight excluding hydrogens is 458 g/mol. The molecule has 0 unspecified atom stereocenters. The lowest BCUT2D eigenvalue weighted by molar-refractivity contribution is 0.415. The molecule has 0 saturated carbocycles. The summed E-state index contributed by atoms with van der Waals surface area (Å²) in [5, 5.41) is 5.84. The molecule has 0 fully saturated rings. The first-order valence-corrected chi connectivity index (χ1v) is 10.3. The maximum atomic E-state index is 13.3. The van der Waals surface area contributed by atoms with Crippen LogP contribution < -0.4 is 10.3 Å². The van der Waals surface area contributed by atoms with Crippen molar-refractivity contribution >= 4 is 44.0 Å². The fourth-order valence-electron chi connectivity index (χ4n) is 3.33. The second-order valence-corrected chi connectivity index (χ2v) is 7.80. The minimum Gasteiger partial charge on any atom is -0.497 e. The predicted octanol–water partition coefficient (Wildman–Crippen LogP) is 5.46. The topological polar surface area (TPSA) is 69.6 Å². The first-order chi connectivity index (χ1) is 15.1. The number of halogens is 1. The Morgan fingerprint density at radius 2 is 1.87 bits per heavy atom. The predicted molar refractivity (Wildman–Crippen MR) is 125 cm³/mol. The highest BCUT2D eigenvalue weighted by molar-refractivity contribution is 9.10. The molecule has 5 rings (SSSR count). The van der Waals surface area contributed by atoms with E-state index in [1.807, 2.05) is 54.6 Å². The highest BCUT2D eigenvalue weighted by atomic mass is 79.9. The molecular formula is C24H16BrN3O3. The van der Waals surface area contributed by atoms with Crippen LogP contribution >= 0.6 is 15.9 Å². The number of rotatable bonds is 4. The number of benzene rings is 3. The first-order valence-electron chi connectivity index (χ1n) is 9.52. The smallest absolute Gasteiger partial charge is 0.282 e. The van der Waals surface area contributed by atoms with E-state index in [-0.39, 0.29) is 5.56 Å². The number of methoxy groups -OCH3 is 1. The van der Waals surface area contributed by atoms with Crippen LogP contribution in [0.5, 0.6) is 5.75 Å². The summed E-state index contributed by atoms with van der Waals surface area (Å²) >= 11 is 3.47. The van der Waals surface area contributed by atoms with Gasteiger partial charge < -0.3 is 9.15 Å². The van der Waals surface area contributed by atoms with Gasteiger partial charge in [-0.3, -0.25) is 4.79 Å². The Bertz CT molecular complexity index is 1500. The zero-order valence-electron chi connectivity index (χ0n) is 16.4. The van der Waals surface area contributed by atoms with Gasteiger partial charge in [0.2, 0.25) is 5.82 Å². The maximum Gasteiger partial charge on any atom is 0.282 e. The van der Waals surface area contributed by atoms with Crippen molar-refractivity contribution in [2.75, 3.05) is 7.11 Å². The molecule has 31 heavy (non-hydrogen) atoms. The molecule has 0 aliphatic rings. The second kappa shape index (κ2) is 7.85. The lowest BCUT2D eigenvalue weighted by atomic mass is 10.2. The zero-order chi connectivity index (χ0) is 21.4. The Balaban J connectivity index is 1.70. The number of fused-ring (bicyclic) bond motifs is 2.